The quantitative estimate of drug-likeness (QED) is 0.689. The molecule has 6 heteroatoms. The molecule has 1 aliphatic rings. The summed E-state index contributed by atoms with van der Waals surface area (Å²) in [6.45, 7) is 4.19. The van der Waals surface area contributed by atoms with Crippen molar-refractivity contribution in [3.63, 3.8) is 0 Å². The van der Waals surface area contributed by atoms with Gasteiger partial charge >= 0.3 is 58.2 Å². The molecule has 114 valence electrons. The zero-order valence-electron chi connectivity index (χ0n) is 13.4. The summed E-state index contributed by atoms with van der Waals surface area (Å²) in [5, 5.41) is 9.12. The first-order valence-corrected chi connectivity index (χ1v) is 7.05. The van der Waals surface area contributed by atoms with E-state index in [1.54, 1.807) is 12.3 Å². The number of nitrogens with two attached hydrogens (primary N) is 1. The van der Waals surface area contributed by atoms with Crippen LogP contribution in [0, 0.1) is 0 Å². The average molecular weight is 389 g/mol. The van der Waals surface area contributed by atoms with Crippen molar-refractivity contribution in [1.29, 1.82) is 0 Å². The topological polar surface area (TPSA) is 73.3 Å². The van der Waals surface area contributed by atoms with Crippen molar-refractivity contribution >= 4 is 11.1 Å². The molecule has 2 aromatic rings. The molecule has 0 aliphatic carbocycles. The number of hydrazine groups is 1. The Labute approximate surface area is 189 Å². The third kappa shape index (κ3) is 4.17. The monoisotopic (exact) mass is 388 g/mol. The molecule has 1 aromatic carbocycles. The van der Waals surface area contributed by atoms with Crippen molar-refractivity contribution in [2.24, 2.45) is 5.84 Å². The summed E-state index contributed by atoms with van der Waals surface area (Å²) in [5.74, 6) is 6.05. The van der Waals surface area contributed by atoms with E-state index in [1.165, 1.54) is 11.1 Å². The fraction of sp³-hybridized carbons (Fsp3) is 0. The van der Waals surface area contributed by atoms with Gasteiger partial charge in [0.15, 0.2) is 0 Å². The van der Waals surface area contributed by atoms with Crippen LogP contribution in [0.25, 0.3) is 11.1 Å². The van der Waals surface area contributed by atoms with E-state index in [0.29, 0.717) is 5.69 Å². The largest absolute Gasteiger partial charge is 1.00 e. The van der Waals surface area contributed by atoms with Crippen LogP contribution >= 0.6 is 0 Å². The molecule has 3 rings (SSSR count). The maximum absolute atomic E-state index is 11.3. The van der Waals surface area contributed by atoms with Crippen molar-refractivity contribution in [2.75, 3.05) is 0 Å². The molecule has 1 aromatic heterocycles. The molecule has 2 heterocycles. The number of hydrogen-bond donors (Lipinski definition) is 1. The Hall–Kier alpha value is -1.37. The van der Waals surface area contributed by atoms with E-state index in [-0.39, 0.29) is 63.7 Å². The van der Waals surface area contributed by atoms with Crippen molar-refractivity contribution in [3.8, 4) is 0 Å². The maximum Gasteiger partial charge on any atom is 1.00 e. The van der Waals surface area contributed by atoms with E-state index in [2.05, 4.69) is 16.8 Å². The van der Waals surface area contributed by atoms with Gasteiger partial charge in [0.1, 0.15) is 0 Å². The summed E-state index contributed by atoms with van der Waals surface area (Å²) >= 11 is 0. The van der Waals surface area contributed by atoms with Gasteiger partial charge in [0.25, 0.3) is 0 Å². The number of hydrogen-bond acceptors (Lipinski definition) is 4. The number of benzene rings is 1. The average Bonchev–Trinajstić information content (AvgIpc) is 2.59. The first kappa shape index (κ1) is 19.0. The van der Waals surface area contributed by atoms with Gasteiger partial charge in [-0.2, -0.15) is 0 Å². The van der Waals surface area contributed by atoms with E-state index in [0.717, 1.165) is 22.4 Å². The standard InChI is InChI=1S/C18H16N4O.Rb/c1-13(14-7-3-2-4-8-14)18(15-10-11-17(23)21-20-15)16-9-5-6-12-22(16)19;/h2-12H,1,19H2,(H,21,23);/q;+1/p-1/b18-16+;. The predicted molar refractivity (Wildman–Crippen MR) is 90.5 cm³/mol. The van der Waals surface area contributed by atoms with Crippen molar-refractivity contribution in [1.82, 2.24) is 15.2 Å². The molecule has 0 spiro atoms. The zero-order valence-corrected chi connectivity index (χ0v) is 18.3. The molecular weight excluding hydrogens is 374 g/mol. The first-order chi connectivity index (χ1) is 11.2. The summed E-state index contributed by atoms with van der Waals surface area (Å²) in [4.78, 5) is 11.3. The van der Waals surface area contributed by atoms with Gasteiger partial charge in [0.2, 0.25) is 0 Å². The van der Waals surface area contributed by atoms with Crippen LogP contribution in [0.1, 0.15) is 11.3 Å². The maximum atomic E-state index is 11.3. The third-order valence-corrected chi connectivity index (χ3v) is 3.47. The number of allylic oxidation sites excluding steroid dienone is 5. The Balaban J connectivity index is 0.00000208. The van der Waals surface area contributed by atoms with Gasteiger partial charge in [-0.05, 0) is 35.4 Å². The SMILES string of the molecule is C=C(/C(=C1/C=CC=CN1N)c1ccc(=O)[n-]n1)c1ccccc1.[Rb+]. The number of nitrogens with zero attached hydrogens (tertiary/aromatic N) is 3. The second-order valence-electron chi connectivity index (χ2n) is 4.97. The smallest absolute Gasteiger partial charge is 0.540 e. The van der Waals surface area contributed by atoms with Gasteiger partial charge in [0.05, 0.1) is 17.0 Å². The molecule has 1 aliphatic heterocycles. The molecular formula is C18H15N4ORb. The van der Waals surface area contributed by atoms with Gasteiger partial charge in [-0.1, -0.05) is 43.0 Å². The number of aromatic nitrogens is 2. The van der Waals surface area contributed by atoms with Crippen LogP contribution in [0.2, 0.25) is 0 Å². The van der Waals surface area contributed by atoms with Crippen LogP contribution in [0.4, 0.5) is 0 Å². The van der Waals surface area contributed by atoms with E-state index in [1.807, 2.05) is 48.6 Å². The predicted octanol–water partition coefficient (Wildman–Crippen LogP) is -0.913. The van der Waals surface area contributed by atoms with E-state index in [4.69, 9.17) is 5.84 Å². The molecule has 5 nitrogen and oxygen atoms in total. The van der Waals surface area contributed by atoms with Crippen LogP contribution in [-0.2, 0) is 0 Å². The molecule has 0 saturated carbocycles. The van der Waals surface area contributed by atoms with Crippen molar-refractivity contribution < 1.29 is 58.2 Å². The Morgan fingerprint density at radius 1 is 1.12 bits per heavy atom. The molecule has 2 N–H and O–H groups in total. The minimum Gasteiger partial charge on any atom is -0.540 e. The molecule has 0 radical (unpaired) electrons. The summed E-state index contributed by atoms with van der Waals surface area (Å²) in [7, 11) is 0. The van der Waals surface area contributed by atoms with Gasteiger partial charge in [-0.25, -0.2) is 5.84 Å². The summed E-state index contributed by atoms with van der Waals surface area (Å²) in [6.07, 6.45) is 7.32. The summed E-state index contributed by atoms with van der Waals surface area (Å²) in [5.41, 5.74) is 3.32. The molecule has 0 atom stereocenters. The van der Waals surface area contributed by atoms with Gasteiger partial charge in [-0.15, -0.1) is 0 Å². The molecule has 0 unspecified atom stereocenters. The Kier molecular flexibility index (Phi) is 6.83. The fourth-order valence-electron chi connectivity index (χ4n) is 2.35. The van der Waals surface area contributed by atoms with Gasteiger partial charge in [0, 0.05) is 11.8 Å². The van der Waals surface area contributed by atoms with Gasteiger partial charge < -0.3 is 15.0 Å². The van der Waals surface area contributed by atoms with Crippen LogP contribution in [0.15, 0.2) is 84.0 Å². The van der Waals surface area contributed by atoms with E-state index in [9.17, 15) is 4.79 Å². The summed E-state index contributed by atoms with van der Waals surface area (Å²) in [6, 6.07) is 12.7. The Morgan fingerprint density at radius 2 is 1.88 bits per heavy atom. The summed E-state index contributed by atoms with van der Waals surface area (Å²) < 4.78 is 0. The first-order valence-electron chi connectivity index (χ1n) is 7.05. The fourth-order valence-corrected chi connectivity index (χ4v) is 2.35. The van der Waals surface area contributed by atoms with Gasteiger partial charge in [-0.3, -0.25) is 5.01 Å². The van der Waals surface area contributed by atoms with Crippen molar-refractivity contribution in [3.05, 3.63) is 101 Å². The molecule has 0 saturated heterocycles. The van der Waals surface area contributed by atoms with Crippen molar-refractivity contribution in [2.45, 2.75) is 0 Å². The normalized spacial score (nSPS) is 15.0. The molecule has 0 fully saturated rings. The Morgan fingerprint density at radius 3 is 2.50 bits per heavy atom. The second-order valence-corrected chi connectivity index (χ2v) is 4.97. The van der Waals surface area contributed by atoms with Crippen LogP contribution < -0.4 is 74.7 Å². The minimum absolute atomic E-state index is 0. The van der Waals surface area contributed by atoms with Crippen LogP contribution in [0.3, 0.4) is 0 Å². The molecule has 0 amide bonds. The Bertz CT molecular complexity index is 861. The van der Waals surface area contributed by atoms with Crippen LogP contribution in [0.5, 0.6) is 0 Å². The number of rotatable bonds is 3. The second kappa shape index (κ2) is 8.64. The molecule has 24 heavy (non-hydrogen) atoms. The third-order valence-electron chi connectivity index (χ3n) is 3.47. The van der Waals surface area contributed by atoms with E-state index < -0.39 is 0 Å². The minimum atomic E-state index is -0.382. The zero-order chi connectivity index (χ0) is 16.2. The molecule has 0 bridgehead atoms. The van der Waals surface area contributed by atoms with E-state index >= 15 is 0 Å². The van der Waals surface area contributed by atoms with Crippen LogP contribution in [-0.4, -0.2) is 10.1 Å².